The van der Waals surface area contributed by atoms with E-state index >= 15 is 0 Å². The molecule has 18 heavy (non-hydrogen) atoms. The van der Waals surface area contributed by atoms with E-state index in [2.05, 4.69) is 35.4 Å². The third-order valence-corrected chi connectivity index (χ3v) is 4.35. The molecule has 0 radical (unpaired) electrons. The van der Waals surface area contributed by atoms with Crippen molar-refractivity contribution in [3.63, 3.8) is 0 Å². The van der Waals surface area contributed by atoms with Crippen molar-refractivity contribution in [2.24, 2.45) is 0 Å². The Labute approximate surface area is 115 Å². The van der Waals surface area contributed by atoms with E-state index in [4.69, 9.17) is 4.74 Å². The zero-order valence-electron chi connectivity index (χ0n) is 11.4. The Bertz CT molecular complexity index is 367. The van der Waals surface area contributed by atoms with Crippen LogP contribution in [0.4, 0.5) is 0 Å². The molecule has 0 saturated carbocycles. The second-order valence-corrected chi connectivity index (χ2v) is 5.81. The smallest absolute Gasteiger partial charge is 0.0618 e. The first-order valence-electron chi connectivity index (χ1n) is 6.69. The molecule has 1 heterocycles. The van der Waals surface area contributed by atoms with Crippen LogP contribution in [0.25, 0.3) is 0 Å². The van der Waals surface area contributed by atoms with E-state index in [1.54, 1.807) is 7.11 Å². The van der Waals surface area contributed by atoms with E-state index in [9.17, 15) is 0 Å². The van der Waals surface area contributed by atoms with Crippen molar-refractivity contribution in [3.8, 4) is 0 Å². The Balaban J connectivity index is 2.01. The Morgan fingerprint density at radius 1 is 1.39 bits per heavy atom. The van der Waals surface area contributed by atoms with Crippen LogP contribution >= 0.6 is 11.8 Å². The molecular formula is C15H23NOS. The van der Waals surface area contributed by atoms with Crippen LogP contribution in [0, 0.1) is 0 Å². The van der Waals surface area contributed by atoms with Crippen LogP contribution in [-0.4, -0.2) is 37.5 Å². The van der Waals surface area contributed by atoms with Gasteiger partial charge in [-0.3, -0.25) is 4.90 Å². The molecule has 1 aromatic carbocycles. The van der Waals surface area contributed by atoms with Gasteiger partial charge in [-0.25, -0.2) is 0 Å². The van der Waals surface area contributed by atoms with Gasteiger partial charge in [0.05, 0.1) is 6.61 Å². The number of piperidine rings is 1. The third-order valence-electron chi connectivity index (χ3n) is 3.63. The maximum absolute atomic E-state index is 5.35. The molecule has 2 rings (SSSR count). The third kappa shape index (κ3) is 3.74. The van der Waals surface area contributed by atoms with E-state index in [0.717, 1.165) is 13.2 Å². The molecule has 0 amide bonds. The van der Waals surface area contributed by atoms with Gasteiger partial charge in [0.1, 0.15) is 0 Å². The molecule has 1 aliphatic rings. The van der Waals surface area contributed by atoms with Crippen molar-refractivity contribution in [2.45, 2.75) is 36.7 Å². The molecule has 1 aromatic rings. The Morgan fingerprint density at radius 3 is 3.06 bits per heavy atom. The Morgan fingerprint density at radius 2 is 2.28 bits per heavy atom. The van der Waals surface area contributed by atoms with Gasteiger partial charge in [-0.05, 0) is 43.3 Å². The number of thioether (sulfide) groups is 1. The van der Waals surface area contributed by atoms with Crippen molar-refractivity contribution in [3.05, 3.63) is 29.8 Å². The van der Waals surface area contributed by atoms with E-state index in [1.165, 1.54) is 36.3 Å². The van der Waals surface area contributed by atoms with Crippen LogP contribution in [0.5, 0.6) is 0 Å². The summed E-state index contributed by atoms with van der Waals surface area (Å²) in [6.45, 7) is 3.13. The highest BCUT2D eigenvalue weighted by molar-refractivity contribution is 7.98. The second-order valence-electron chi connectivity index (χ2n) is 4.93. The normalized spacial score (nSPS) is 21.1. The fraction of sp³-hybridized carbons (Fsp3) is 0.600. The van der Waals surface area contributed by atoms with Crippen LogP contribution in [0.3, 0.4) is 0 Å². The highest BCUT2D eigenvalue weighted by atomic mass is 32.2. The average Bonchev–Trinajstić information content (AvgIpc) is 2.41. The number of methoxy groups -OCH3 is 1. The number of nitrogens with zero attached hydrogens (tertiary/aromatic N) is 1. The molecule has 0 spiro atoms. The number of ether oxygens (including phenoxy) is 1. The summed E-state index contributed by atoms with van der Waals surface area (Å²) in [4.78, 5) is 3.93. The standard InChI is InChI=1S/C15H23NOS/c1-17-12-14-7-3-4-9-16(14)11-13-6-5-8-15(10-13)18-2/h5-6,8,10,14H,3-4,7,9,11-12H2,1-2H3/t14-/m1/s1. The lowest BCUT2D eigenvalue weighted by Crippen LogP contribution is -2.41. The summed E-state index contributed by atoms with van der Waals surface area (Å²) < 4.78 is 5.35. The predicted octanol–water partition coefficient (Wildman–Crippen LogP) is 3.41. The summed E-state index contributed by atoms with van der Waals surface area (Å²) in [5.41, 5.74) is 1.42. The lowest BCUT2D eigenvalue weighted by atomic mass is 10.0. The fourth-order valence-corrected chi connectivity index (χ4v) is 3.14. The van der Waals surface area contributed by atoms with E-state index in [0.29, 0.717) is 6.04 Å². The minimum atomic E-state index is 0.599. The second kappa shape index (κ2) is 7.17. The van der Waals surface area contributed by atoms with Crippen LogP contribution in [-0.2, 0) is 11.3 Å². The highest BCUT2D eigenvalue weighted by Gasteiger charge is 2.22. The van der Waals surface area contributed by atoms with E-state index in [1.807, 2.05) is 11.8 Å². The average molecular weight is 265 g/mol. The molecule has 3 heteroatoms. The summed E-state index contributed by atoms with van der Waals surface area (Å²) >= 11 is 1.81. The predicted molar refractivity (Wildman–Crippen MR) is 78.1 cm³/mol. The van der Waals surface area contributed by atoms with Crippen LogP contribution in [0.15, 0.2) is 29.2 Å². The van der Waals surface area contributed by atoms with E-state index in [-0.39, 0.29) is 0 Å². The molecule has 100 valence electrons. The lowest BCUT2D eigenvalue weighted by molar-refractivity contribution is 0.0600. The summed E-state index contributed by atoms with van der Waals surface area (Å²) in [7, 11) is 1.81. The van der Waals surface area contributed by atoms with Crippen molar-refractivity contribution in [1.29, 1.82) is 0 Å². The zero-order valence-corrected chi connectivity index (χ0v) is 12.2. The summed E-state index contributed by atoms with van der Waals surface area (Å²) in [5.74, 6) is 0. The monoisotopic (exact) mass is 265 g/mol. The fourth-order valence-electron chi connectivity index (χ4n) is 2.65. The van der Waals surface area contributed by atoms with Gasteiger partial charge in [-0.1, -0.05) is 18.6 Å². The van der Waals surface area contributed by atoms with Crippen molar-refractivity contribution in [2.75, 3.05) is 26.5 Å². The Hall–Kier alpha value is -0.510. The SMILES string of the molecule is COC[C@H]1CCCCN1Cc1cccc(SC)c1. The number of likely N-dealkylation sites (tertiary alicyclic amines) is 1. The van der Waals surface area contributed by atoms with Crippen molar-refractivity contribution >= 4 is 11.8 Å². The largest absolute Gasteiger partial charge is 0.383 e. The summed E-state index contributed by atoms with van der Waals surface area (Å²) in [6, 6.07) is 9.48. The number of hydrogen-bond acceptors (Lipinski definition) is 3. The van der Waals surface area contributed by atoms with Crippen LogP contribution in [0.2, 0.25) is 0 Å². The summed E-state index contributed by atoms with van der Waals surface area (Å²) in [6.07, 6.45) is 6.07. The van der Waals surface area contributed by atoms with Gasteiger partial charge in [0.25, 0.3) is 0 Å². The first kappa shape index (κ1) is 13.9. The summed E-state index contributed by atoms with van der Waals surface area (Å²) in [5, 5.41) is 0. The molecule has 1 aliphatic heterocycles. The molecule has 0 aromatic heterocycles. The van der Waals surface area contributed by atoms with Crippen molar-refractivity contribution < 1.29 is 4.74 Å². The molecule has 0 N–H and O–H groups in total. The molecule has 0 unspecified atom stereocenters. The molecule has 1 saturated heterocycles. The molecule has 0 aliphatic carbocycles. The number of rotatable bonds is 5. The lowest BCUT2D eigenvalue weighted by Gasteiger charge is -2.35. The van der Waals surface area contributed by atoms with Gasteiger partial charge in [0, 0.05) is 24.6 Å². The maximum atomic E-state index is 5.35. The van der Waals surface area contributed by atoms with E-state index < -0.39 is 0 Å². The van der Waals surface area contributed by atoms with Gasteiger partial charge < -0.3 is 4.74 Å². The molecule has 2 nitrogen and oxygen atoms in total. The van der Waals surface area contributed by atoms with Crippen molar-refractivity contribution in [1.82, 2.24) is 4.90 Å². The number of benzene rings is 1. The van der Waals surface area contributed by atoms with Gasteiger partial charge in [-0.15, -0.1) is 11.8 Å². The number of hydrogen-bond donors (Lipinski definition) is 0. The van der Waals surface area contributed by atoms with Gasteiger partial charge in [0.15, 0.2) is 0 Å². The quantitative estimate of drug-likeness (QED) is 0.757. The zero-order chi connectivity index (χ0) is 12.8. The first-order chi connectivity index (χ1) is 8.83. The van der Waals surface area contributed by atoms with Crippen LogP contribution in [0.1, 0.15) is 24.8 Å². The Kier molecular flexibility index (Phi) is 5.54. The maximum Gasteiger partial charge on any atom is 0.0618 e. The van der Waals surface area contributed by atoms with Crippen LogP contribution < -0.4 is 0 Å². The molecular weight excluding hydrogens is 242 g/mol. The van der Waals surface area contributed by atoms with Gasteiger partial charge >= 0.3 is 0 Å². The molecule has 0 bridgehead atoms. The minimum Gasteiger partial charge on any atom is -0.383 e. The van der Waals surface area contributed by atoms with Gasteiger partial charge in [-0.2, -0.15) is 0 Å². The molecule has 1 atom stereocenters. The van der Waals surface area contributed by atoms with Gasteiger partial charge in [0.2, 0.25) is 0 Å². The highest BCUT2D eigenvalue weighted by Crippen LogP contribution is 2.22. The molecule has 1 fully saturated rings. The minimum absolute atomic E-state index is 0.599. The topological polar surface area (TPSA) is 12.5 Å². The first-order valence-corrected chi connectivity index (χ1v) is 7.92.